The molecule has 5 heteroatoms. The number of ether oxygens (including phenoxy) is 1. The van der Waals surface area contributed by atoms with Gasteiger partial charge in [0.05, 0.1) is 11.7 Å². The Kier molecular flexibility index (Phi) is 4.82. The van der Waals surface area contributed by atoms with E-state index in [0.717, 1.165) is 23.9 Å². The first-order valence-electron chi connectivity index (χ1n) is 6.50. The van der Waals surface area contributed by atoms with Crippen LogP contribution in [-0.4, -0.2) is 37.1 Å². The highest BCUT2D eigenvalue weighted by Gasteiger charge is 2.20. The fourth-order valence-corrected chi connectivity index (χ4v) is 2.65. The van der Waals surface area contributed by atoms with Crippen molar-refractivity contribution >= 4 is 27.5 Å². The molecule has 2 rings (SSSR count). The van der Waals surface area contributed by atoms with Gasteiger partial charge in [-0.3, -0.25) is 4.79 Å². The van der Waals surface area contributed by atoms with Gasteiger partial charge in [-0.05, 0) is 37.5 Å². The Balaban J connectivity index is 2.01. The van der Waals surface area contributed by atoms with Gasteiger partial charge in [-0.15, -0.1) is 0 Å². The first-order valence-corrected chi connectivity index (χ1v) is 7.29. The van der Waals surface area contributed by atoms with Gasteiger partial charge in [-0.2, -0.15) is 0 Å². The molecule has 2 N–H and O–H groups in total. The topological polar surface area (TPSA) is 55.6 Å². The van der Waals surface area contributed by atoms with E-state index in [1.54, 1.807) is 24.1 Å². The van der Waals surface area contributed by atoms with Crippen LogP contribution in [0.15, 0.2) is 22.7 Å². The second-order valence-electron chi connectivity index (χ2n) is 4.91. The molecule has 0 radical (unpaired) electrons. The number of amides is 1. The van der Waals surface area contributed by atoms with Crippen LogP contribution >= 0.6 is 15.9 Å². The minimum Gasteiger partial charge on any atom is -0.398 e. The summed E-state index contributed by atoms with van der Waals surface area (Å²) in [7, 11) is 1.79. The summed E-state index contributed by atoms with van der Waals surface area (Å²) in [6.45, 7) is 1.42. The summed E-state index contributed by atoms with van der Waals surface area (Å²) in [6, 6.07) is 5.33. The second kappa shape index (κ2) is 6.39. The molecule has 4 nitrogen and oxygen atoms in total. The standard InChI is InChI=1S/C14H19BrN2O2/c1-17(9-11-4-2-3-7-19-11)14(18)12-6-5-10(15)8-13(12)16/h5-6,8,11H,2-4,7,9,16H2,1H3. The first kappa shape index (κ1) is 14.3. The van der Waals surface area contributed by atoms with Crippen LogP contribution in [0, 0.1) is 0 Å². The van der Waals surface area contributed by atoms with Gasteiger partial charge in [0.2, 0.25) is 0 Å². The van der Waals surface area contributed by atoms with Gasteiger partial charge in [-0.25, -0.2) is 0 Å². The lowest BCUT2D eigenvalue weighted by Gasteiger charge is -2.27. The van der Waals surface area contributed by atoms with Gasteiger partial charge >= 0.3 is 0 Å². The Morgan fingerprint density at radius 2 is 2.32 bits per heavy atom. The Labute approximate surface area is 122 Å². The van der Waals surface area contributed by atoms with E-state index in [4.69, 9.17) is 10.5 Å². The number of rotatable bonds is 3. The van der Waals surface area contributed by atoms with Crippen molar-refractivity contribution in [1.29, 1.82) is 0 Å². The number of nitrogens with zero attached hydrogens (tertiary/aromatic N) is 1. The Hall–Kier alpha value is -1.07. The Bertz CT molecular complexity index is 459. The van der Waals surface area contributed by atoms with Gasteiger partial charge in [0.1, 0.15) is 0 Å². The summed E-state index contributed by atoms with van der Waals surface area (Å²) >= 11 is 3.34. The quantitative estimate of drug-likeness (QED) is 0.869. The molecule has 1 aliphatic heterocycles. The predicted octanol–water partition coefficient (Wildman–Crippen LogP) is 2.67. The number of carbonyl (C=O) groups excluding carboxylic acids is 1. The van der Waals surface area contributed by atoms with Crippen molar-refractivity contribution in [3.05, 3.63) is 28.2 Å². The summed E-state index contributed by atoms with van der Waals surface area (Å²) in [5.74, 6) is -0.0563. The highest BCUT2D eigenvalue weighted by Crippen LogP contribution is 2.20. The van der Waals surface area contributed by atoms with Crippen molar-refractivity contribution in [2.45, 2.75) is 25.4 Å². The molecule has 1 aromatic rings. The molecule has 19 heavy (non-hydrogen) atoms. The summed E-state index contributed by atoms with van der Waals surface area (Å²) in [6.07, 6.45) is 3.47. The maximum absolute atomic E-state index is 12.3. The molecule has 0 bridgehead atoms. The molecule has 1 fully saturated rings. The monoisotopic (exact) mass is 326 g/mol. The van der Waals surface area contributed by atoms with Crippen LogP contribution in [0.4, 0.5) is 5.69 Å². The number of nitrogen functional groups attached to an aromatic ring is 1. The molecule has 104 valence electrons. The van der Waals surface area contributed by atoms with Crippen molar-refractivity contribution in [3.63, 3.8) is 0 Å². The average molecular weight is 327 g/mol. The summed E-state index contributed by atoms with van der Waals surface area (Å²) < 4.78 is 6.53. The second-order valence-corrected chi connectivity index (χ2v) is 5.82. The lowest BCUT2D eigenvalue weighted by Crippen LogP contribution is -2.37. The molecule has 0 aromatic heterocycles. The minimum absolute atomic E-state index is 0.0563. The van der Waals surface area contributed by atoms with Gasteiger partial charge in [-0.1, -0.05) is 15.9 Å². The number of likely N-dealkylation sites (N-methyl/N-ethyl adjacent to an activating group) is 1. The lowest BCUT2D eigenvalue weighted by atomic mass is 10.1. The molecule has 0 aliphatic carbocycles. The van der Waals surface area contributed by atoms with Crippen LogP contribution in [0.1, 0.15) is 29.6 Å². The average Bonchev–Trinajstić information content (AvgIpc) is 2.39. The molecule has 1 heterocycles. The van der Waals surface area contributed by atoms with Crippen molar-refractivity contribution < 1.29 is 9.53 Å². The highest BCUT2D eigenvalue weighted by atomic mass is 79.9. The van der Waals surface area contributed by atoms with Crippen LogP contribution in [0.25, 0.3) is 0 Å². The number of hydrogen-bond donors (Lipinski definition) is 1. The van der Waals surface area contributed by atoms with Gasteiger partial charge in [0.25, 0.3) is 5.91 Å². The zero-order valence-corrected chi connectivity index (χ0v) is 12.6. The van der Waals surface area contributed by atoms with Crippen LogP contribution in [0.2, 0.25) is 0 Å². The third-order valence-corrected chi connectivity index (χ3v) is 3.84. The molecule has 0 saturated carbocycles. The summed E-state index contributed by atoms with van der Waals surface area (Å²) in [4.78, 5) is 14.0. The minimum atomic E-state index is -0.0563. The Morgan fingerprint density at radius 1 is 1.53 bits per heavy atom. The SMILES string of the molecule is CN(CC1CCCCO1)C(=O)c1ccc(Br)cc1N. The molecule has 1 saturated heterocycles. The third-order valence-electron chi connectivity index (χ3n) is 3.34. The van der Waals surface area contributed by atoms with Crippen LogP contribution in [0.5, 0.6) is 0 Å². The zero-order valence-electron chi connectivity index (χ0n) is 11.1. The lowest BCUT2D eigenvalue weighted by molar-refractivity contribution is -0.000170. The Morgan fingerprint density at radius 3 is 2.95 bits per heavy atom. The number of anilines is 1. The number of benzene rings is 1. The van der Waals surface area contributed by atoms with E-state index in [-0.39, 0.29) is 12.0 Å². The molecule has 0 spiro atoms. The molecular weight excluding hydrogens is 308 g/mol. The van der Waals surface area contributed by atoms with Gasteiger partial charge in [0.15, 0.2) is 0 Å². The fourth-order valence-electron chi connectivity index (χ4n) is 2.27. The van der Waals surface area contributed by atoms with E-state index < -0.39 is 0 Å². The predicted molar refractivity (Wildman–Crippen MR) is 79.1 cm³/mol. The van der Waals surface area contributed by atoms with Crippen molar-refractivity contribution in [2.75, 3.05) is 25.9 Å². The smallest absolute Gasteiger partial charge is 0.255 e. The fraction of sp³-hybridized carbons (Fsp3) is 0.500. The number of halogens is 1. The highest BCUT2D eigenvalue weighted by molar-refractivity contribution is 9.10. The van der Waals surface area contributed by atoms with E-state index in [1.807, 2.05) is 6.07 Å². The van der Waals surface area contributed by atoms with E-state index in [2.05, 4.69) is 15.9 Å². The molecule has 1 atom stereocenters. The third kappa shape index (κ3) is 3.70. The van der Waals surface area contributed by atoms with Crippen LogP contribution in [0.3, 0.4) is 0 Å². The molecule has 1 aliphatic rings. The zero-order chi connectivity index (χ0) is 13.8. The van der Waals surface area contributed by atoms with Crippen molar-refractivity contribution in [1.82, 2.24) is 4.90 Å². The van der Waals surface area contributed by atoms with E-state index >= 15 is 0 Å². The first-order chi connectivity index (χ1) is 9.08. The van der Waals surface area contributed by atoms with E-state index in [9.17, 15) is 4.79 Å². The van der Waals surface area contributed by atoms with Gasteiger partial charge in [0, 0.05) is 30.4 Å². The summed E-state index contributed by atoms with van der Waals surface area (Å²) in [5.41, 5.74) is 6.92. The molecular formula is C14H19BrN2O2. The van der Waals surface area contributed by atoms with E-state index in [0.29, 0.717) is 17.8 Å². The van der Waals surface area contributed by atoms with Crippen molar-refractivity contribution in [2.24, 2.45) is 0 Å². The summed E-state index contributed by atoms with van der Waals surface area (Å²) in [5, 5.41) is 0. The largest absolute Gasteiger partial charge is 0.398 e. The number of hydrogen-bond acceptors (Lipinski definition) is 3. The maximum atomic E-state index is 12.3. The normalized spacial score (nSPS) is 19.2. The van der Waals surface area contributed by atoms with Crippen LogP contribution in [-0.2, 0) is 4.74 Å². The maximum Gasteiger partial charge on any atom is 0.255 e. The van der Waals surface area contributed by atoms with Crippen molar-refractivity contribution in [3.8, 4) is 0 Å². The molecule has 1 amide bonds. The van der Waals surface area contributed by atoms with Gasteiger partial charge < -0.3 is 15.4 Å². The number of nitrogens with two attached hydrogens (primary N) is 1. The van der Waals surface area contributed by atoms with E-state index in [1.165, 1.54) is 6.42 Å². The van der Waals surface area contributed by atoms with Crippen LogP contribution < -0.4 is 5.73 Å². The molecule has 1 aromatic carbocycles. The molecule has 1 unspecified atom stereocenters. The number of carbonyl (C=O) groups is 1.